The van der Waals surface area contributed by atoms with E-state index in [-0.39, 0.29) is 0 Å². The fourth-order valence-electron chi connectivity index (χ4n) is 3.19. The topological polar surface area (TPSA) is 34.1 Å². The quantitative estimate of drug-likeness (QED) is 0.863. The van der Waals surface area contributed by atoms with Crippen LogP contribution in [0.15, 0.2) is 24.3 Å². The van der Waals surface area contributed by atoms with Crippen LogP contribution in [0.1, 0.15) is 53.7 Å². The minimum absolute atomic E-state index is 0.706. The molecule has 1 aliphatic heterocycles. The molecule has 1 aromatic carbocycles. The Morgan fingerprint density at radius 3 is 2.57 bits per heavy atom. The van der Waals surface area contributed by atoms with E-state index in [2.05, 4.69) is 36.5 Å². The second kappa shape index (κ2) is 7.93. The van der Waals surface area contributed by atoms with Crippen LogP contribution in [0.25, 0.3) is 0 Å². The molecule has 23 heavy (non-hydrogen) atoms. The number of hydrogen-bond donors (Lipinski definition) is 1. The molecule has 1 aliphatic rings. The van der Waals surface area contributed by atoms with E-state index in [1.54, 1.807) is 0 Å². The highest BCUT2D eigenvalue weighted by Gasteiger charge is 2.21. The lowest BCUT2D eigenvalue weighted by atomic mass is 9.95. The molecule has 2 heterocycles. The lowest BCUT2D eigenvalue weighted by molar-refractivity contribution is 0.340. The van der Waals surface area contributed by atoms with Gasteiger partial charge in [-0.05, 0) is 62.9 Å². The van der Waals surface area contributed by atoms with Crippen LogP contribution in [0.5, 0.6) is 5.75 Å². The maximum atomic E-state index is 5.51. The van der Waals surface area contributed by atoms with Gasteiger partial charge in [0, 0.05) is 11.3 Å². The number of benzene rings is 1. The van der Waals surface area contributed by atoms with Crippen molar-refractivity contribution >= 4 is 11.3 Å². The third-order valence-electron chi connectivity index (χ3n) is 4.41. The molecule has 1 aromatic heterocycles. The van der Waals surface area contributed by atoms with Crippen molar-refractivity contribution in [2.45, 2.75) is 45.4 Å². The molecule has 1 N–H and O–H groups in total. The molecule has 3 rings (SSSR count). The number of nitrogens with zero attached hydrogens (tertiary/aromatic N) is 1. The van der Waals surface area contributed by atoms with E-state index in [0.717, 1.165) is 31.7 Å². The van der Waals surface area contributed by atoms with E-state index >= 15 is 0 Å². The Labute approximate surface area is 143 Å². The predicted octanol–water partition coefficient (Wildman–Crippen LogP) is 4.16. The summed E-state index contributed by atoms with van der Waals surface area (Å²) in [5.74, 6) is 1.65. The largest absolute Gasteiger partial charge is 0.494 e. The standard InChI is InChI=1S/C19H26N2OS/c1-3-17-19(15-9-11-20-12-10-15)23-18(21-17)13-14-5-7-16(8-6-14)22-4-2/h5-8,15,20H,3-4,9-13H2,1-2H3. The average Bonchev–Trinajstić information content (AvgIpc) is 3.01. The molecule has 0 saturated carbocycles. The first-order valence-electron chi connectivity index (χ1n) is 8.71. The Morgan fingerprint density at radius 1 is 1.17 bits per heavy atom. The van der Waals surface area contributed by atoms with E-state index in [1.807, 2.05) is 18.3 Å². The van der Waals surface area contributed by atoms with Gasteiger partial charge in [-0.25, -0.2) is 4.98 Å². The van der Waals surface area contributed by atoms with Crippen molar-refractivity contribution in [1.29, 1.82) is 0 Å². The summed E-state index contributed by atoms with van der Waals surface area (Å²) < 4.78 is 5.51. The maximum Gasteiger partial charge on any atom is 0.119 e. The zero-order valence-corrected chi connectivity index (χ0v) is 14.9. The predicted molar refractivity (Wildman–Crippen MR) is 96.8 cm³/mol. The maximum absolute atomic E-state index is 5.51. The molecule has 0 radical (unpaired) electrons. The van der Waals surface area contributed by atoms with Gasteiger partial charge in [0.15, 0.2) is 0 Å². The van der Waals surface area contributed by atoms with E-state index in [1.165, 1.54) is 34.0 Å². The number of rotatable bonds is 6. The highest BCUT2D eigenvalue weighted by atomic mass is 32.1. The van der Waals surface area contributed by atoms with E-state index in [0.29, 0.717) is 12.5 Å². The lowest BCUT2D eigenvalue weighted by Crippen LogP contribution is -2.26. The number of ether oxygens (including phenoxy) is 1. The molecule has 1 fully saturated rings. The van der Waals surface area contributed by atoms with Crippen LogP contribution in [0.2, 0.25) is 0 Å². The molecule has 0 spiro atoms. The molecule has 4 heteroatoms. The van der Waals surface area contributed by atoms with Gasteiger partial charge in [-0.1, -0.05) is 19.1 Å². The van der Waals surface area contributed by atoms with Gasteiger partial charge < -0.3 is 10.1 Å². The second-order valence-corrected chi connectivity index (χ2v) is 7.17. The van der Waals surface area contributed by atoms with Crippen LogP contribution in [0.3, 0.4) is 0 Å². The van der Waals surface area contributed by atoms with E-state index < -0.39 is 0 Å². The van der Waals surface area contributed by atoms with Gasteiger partial charge in [0.05, 0.1) is 17.3 Å². The number of hydrogen-bond acceptors (Lipinski definition) is 4. The molecule has 0 bridgehead atoms. The molecule has 2 aromatic rings. The van der Waals surface area contributed by atoms with Crippen molar-refractivity contribution in [2.75, 3.05) is 19.7 Å². The van der Waals surface area contributed by atoms with Crippen molar-refractivity contribution < 1.29 is 4.74 Å². The molecular formula is C19H26N2OS. The summed E-state index contributed by atoms with van der Waals surface area (Å²) in [5, 5.41) is 4.71. The highest BCUT2D eigenvalue weighted by molar-refractivity contribution is 7.11. The fourth-order valence-corrected chi connectivity index (χ4v) is 4.55. The van der Waals surface area contributed by atoms with Gasteiger partial charge in [0.2, 0.25) is 0 Å². The molecule has 0 atom stereocenters. The molecule has 3 nitrogen and oxygen atoms in total. The molecule has 124 valence electrons. The molecule has 0 aliphatic carbocycles. The number of aromatic nitrogens is 1. The molecular weight excluding hydrogens is 304 g/mol. The Morgan fingerprint density at radius 2 is 1.91 bits per heavy atom. The third kappa shape index (κ3) is 4.12. The number of piperidine rings is 1. The zero-order chi connectivity index (χ0) is 16.1. The second-order valence-electron chi connectivity index (χ2n) is 6.05. The summed E-state index contributed by atoms with van der Waals surface area (Å²) in [6.45, 7) is 7.23. The van der Waals surface area contributed by atoms with Gasteiger partial charge in [0.25, 0.3) is 0 Å². The first kappa shape index (κ1) is 16.5. The van der Waals surface area contributed by atoms with Gasteiger partial charge in [-0.15, -0.1) is 11.3 Å². The average molecular weight is 330 g/mol. The summed E-state index contributed by atoms with van der Waals surface area (Å²) >= 11 is 1.93. The highest BCUT2D eigenvalue weighted by Crippen LogP contribution is 2.34. The first-order chi connectivity index (χ1) is 11.3. The Balaban J connectivity index is 1.73. The van der Waals surface area contributed by atoms with Gasteiger partial charge >= 0.3 is 0 Å². The van der Waals surface area contributed by atoms with E-state index in [4.69, 9.17) is 9.72 Å². The monoisotopic (exact) mass is 330 g/mol. The summed E-state index contributed by atoms with van der Waals surface area (Å²) in [5.41, 5.74) is 2.63. The van der Waals surface area contributed by atoms with Crippen molar-refractivity contribution in [3.05, 3.63) is 45.4 Å². The van der Waals surface area contributed by atoms with Crippen molar-refractivity contribution in [1.82, 2.24) is 10.3 Å². The summed E-state index contributed by atoms with van der Waals surface area (Å²) in [4.78, 5) is 6.46. The minimum Gasteiger partial charge on any atom is -0.494 e. The summed E-state index contributed by atoms with van der Waals surface area (Å²) in [6.07, 6.45) is 4.46. The third-order valence-corrected chi connectivity index (χ3v) is 5.67. The SMILES string of the molecule is CCOc1ccc(Cc2nc(CC)c(C3CCNCC3)s2)cc1. The molecule has 0 amide bonds. The van der Waals surface area contributed by atoms with Gasteiger partial charge in [0.1, 0.15) is 5.75 Å². The van der Waals surface area contributed by atoms with Crippen LogP contribution < -0.4 is 10.1 Å². The van der Waals surface area contributed by atoms with Crippen molar-refractivity contribution in [3.8, 4) is 5.75 Å². The van der Waals surface area contributed by atoms with Gasteiger partial charge in [-0.3, -0.25) is 0 Å². The summed E-state index contributed by atoms with van der Waals surface area (Å²) in [7, 11) is 0. The number of nitrogens with one attached hydrogen (secondary N) is 1. The zero-order valence-electron chi connectivity index (χ0n) is 14.1. The van der Waals surface area contributed by atoms with Crippen molar-refractivity contribution in [3.63, 3.8) is 0 Å². The normalized spacial score (nSPS) is 15.7. The Bertz CT molecular complexity index is 615. The Hall–Kier alpha value is -1.39. The smallest absolute Gasteiger partial charge is 0.119 e. The van der Waals surface area contributed by atoms with Crippen LogP contribution in [-0.2, 0) is 12.8 Å². The van der Waals surface area contributed by atoms with Crippen molar-refractivity contribution in [2.24, 2.45) is 0 Å². The Kier molecular flexibility index (Phi) is 5.68. The minimum atomic E-state index is 0.706. The van der Waals surface area contributed by atoms with Crippen LogP contribution in [-0.4, -0.2) is 24.7 Å². The lowest BCUT2D eigenvalue weighted by Gasteiger charge is -2.22. The first-order valence-corrected chi connectivity index (χ1v) is 9.52. The summed E-state index contributed by atoms with van der Waals surface area (Å²) in [6, 6.07) is 8.42. The number of thiazole rings is 1. The van der Waals surface area contributed by atoms with Gasteiger partial charge in [-0.2, -0.15) is 0 Å². The van der Waals surface area contributed by atoms with E-state index in [9.17, 15) is 0 Å². The number of aryl methyl sites for hydroxylation is 1. The molecule has 1 saturated heterocycles. The molecule has 0 unspecified atom stereocenters. The van der Waals surface area contributed by atoms with Crippen LogP contribution in [0.4, 0.5) is 0 Å². The van der Waals surface area contributed by atoms with Crippen LogP contribution >= 0.6 is 11.3 Å². The fraction of sp³-hybridized carbons (Fsp3) is 0.526. The van der Waals surface area contributed by atoms with Crippen LogP contribution in [0, 0.1) is 0 Å².